The van der Waals surface area contributed by atoms with Crippen molar-refractivity contribution >= 4 is 17.0 Å². The molecule has 0 aliphatic heterocycles. The van der Waals surface area contributed by atoms with Crippen molar-refractivity contribution in [1.82, 2.24) is 19.5 Å². The lowest BCUT2D eigenvalue weighted by Crippen LogP contribution is -2.04. The zero-order chi connectivity index (χ0) is 20.0. The van der Waals surface area contributed by atoms with E-state index < -0.39 is 0 Å². The van der Waals surface area contributed by atoms with Crippen molar-refractivity contribution in [2.45, 2.75) is 46.5 Å². The topological polar surface area (TPSA) is 75.9 Å². The van der Waals surface area contributed by atoms with E-state index in [1.54, 1.807) is 0 Å². The van der Waals surface area contributed by atoms with Gasteiger partial charge in [-0.05, 0) is 37.0 Å². The molecule has 3 aromatic rings. The Morgan fingerprint density at radius 3 is 2.37 bits per heavy atom. The van der Waals surface area contributed by atoms with Crippen LogP contribution in [0.5, 0.6) is 0 Å². The number of fused-ring (bicyclic) bond motifs is 1. The lowest BCUT2D eigenvalue weighted by Gasteiger charge is -2.14. The first-order valence-corrected chi connectivity index (χ1v) is 9.58. The molecule has 0 radical (unpaired) electrons. The third-order valence-electron chi connectivity index (χ3n) is 4.32. The molecule has 0 spiro atoms. The average molecular weight is 370 g/mol. The Bertz CT molecular complexity index is 884. The standard InChI is InChI=1S/C18H23N5.C3H8O/c1-6-13-16(22-18-15(20-13)9-10-23(18)5)12-7-8-14(11(2)3)21-17(12)19-4;1-2-3-4/h7-11H,6H2,1-5H3,(H,19,21);4H,2-3H2,1H3. The highest BCUT2D eigenvalue weighted by Gasteiger charge is 2.16. The first-order chi connectivity index (χ1) is 13.0. The van der Waals surface area contributed by atoms with Crippen LogP contribution in [-0.4, -0.2) is 38.3 Å². The molecule has 6 heteroatoms. The monoisotopic (exact) mass is 369 g/mol. The summed E-state index contributed by atoms with van der Waals surface area (Å²) < 4.78 is 2.00. The van der Waals surface area contributed by atoms with Crippen molar-refractivity contribution in [2.75, 3.05) is 19.0 Å². The molecular weight excluding hydrogens is 338 g/mol. The molecule has 0 saturated heterocycles. The third kappa shape index (κ3) is 4.63. The van der Waals surface area contributed by atoms with Crippen molar-refractivity contribution in [3.8, 4) is 11.3 Å². The number of rotatable bonds is 5. The number of aliphatic hydroxyl groups excluding tert-OH is 1. The van der Waals surface area contributed by atoms with E-state index in [0.29, 0.717) is 12.5 Å². The van der Waals surface area contributed by atoms with E-state index in [9.17, 15) is 0 Å². The van der Waals surface area contributed by atoms with Crippen LogP contribution >= 0.6 is 0 Å². The van der Waals surface area contributed by atoms with Crippen LogP contribution in [0, 0.1) is 0 Å². The van der Waals surface area contributed by atoms with E-state index in [4.69, 9.17) is 20.1 Å². The molecule has 0 atom stereocenters. The predicted octanol–water partition coefficient (Wildman–Crippen LogP) is 4.15. The molecular formula is C21H31N5O. The van der Waals surface area contributed by atoms with Gasteiger partial charge in [0, 0.05) is 38.2 Å². The maximum Gasteiger partial charge on any atom is 0.159 e. The minimum absolute atomic E-state index is 0.319. The highest BCUT2D eigenvalue weighted by molar-refractivity contribution is 5.80. The molecule has 3 rings (SSSR count). The molecule has 6 nitrogen and oxygen atoms in total. The summed E-state index contributed by atoms with van der Waals surface area (Å²) in [7, 11) is 3.89. The first kappa shape index (κ1) is 20.8. The van der Waals surface area contributed by atoms with Crippen molar-refractivity contribution < 1.29 is 5.11 Å². The minimum atomic E-state index is 0.319. The number of pyridine rings is 1. The van der Waals surface area contributed by atoms with Gasteiger partial charge in [-0.2, -0.15) is 0 Å². The number of hydrogen-bond acceptors (Lipinski definition) is 5. The van der Waals surface area contributed by atoms with Crippen LogP contribution in [0.15, 0.2) is 24.4 Å². The summed E-state index contributed by atoms with van der Waals surface area (Å²) in [4.78, 5) is 14.4. The number of aliphatic hydroxyl groups is 1. The van der Waals surface area contributed by atoms with Gasteiger partial charge in [-0.1, -0.05) is 27.7 Å². The van der Waals surface area contributed by atoms with Crippen LogP contribution in [0.4, 0.5) is 5.82 Å². The van der Waals surface area contributed by atoms with Gasteiger partial charge in [0.2, 0.25) is 0 Å². The fraction of sp³-hybridized carbons (Fsp3) is 0.476. The van der Waals surface area contributed by atoms with Gasteiger partial charge in [0.1, 0.15) is 11.3 Å². The SMILES string of the molecule is CCCO.CCc1nc2ccn(C)c2nc1-c1ccc(C(C)C)nc1NC. The Labute approximate surface area is 161 Å². The van der Waals surface area contributed by atoms with Gasteiger partial charge >= 0.3 is 0 Å². The van der Waals surface area contributed by atoms with Crippen LogP contribution in [0.25, 0.3) is 22.4 Å². The Balaban J connectivity index is 0.000000596. The van der Waals surface area contributed by atoms with Gasteiger partial charge in [0.25, 0.3) is 0 Å². The van der Waals surface area contributed by atoms with Crippen LogP contribution in [0.2, 0.25) is 0 Å². The highest BCUT2D eigenvalue weighted by atomic mass is 16.2. The number of nitrogens with one attached hydrogen (secondary N) is 1. The summed E-state index contributed by atoms with van der Waals surface area (Å²) in [6, 6.07) is 6.19. The van der Waals surface area contributed by atoms with Gasteiger partial charge in [0.05, 0.1) is 11.4 Å². The fourth-order valence-electron chi connectivity index (χ4n) is 2.74. The predicted molar refractivity (Wildman–Crippen MR) is 112 cm³/mol. The molecule has 0 fully saturated rings. The van der Waals surface area contributed by atoms with Gasteiger partial charge in [0.15, 0.2) is 5.65 Å². The molecule has 0 aliphatic rings. The molecule has 27 heavy (non-hydrogen) atoms. The maximum absolute atomic E-state index is 7.88. The molecule has 0 bridgehead atoms. The fourth-order valence-corrected chi connectivity index (χ4v) is 2.74. The van der Waals surface area contributed by atoms with E-state index in [2.05, 4.69) is 38.2 Å². The van der Waals surface area contributed by atoms with E-state index in [1.807, 2.05) is 37.8 Å². The lowest BCUT2D eigenvalue weighted by atomic mass is 10.0. The van der Waals surface area contributed by atoms with Crippen molar-refractivity contribution in [1.29, 1.82) is 0 Å². The van der Waals surface area contributed by atoms with Gasteiger partial charge in [-0.3, -0.25) is 0 Å². The molecule has 2 N–H and O–H groups in total. The van der Waals surface area contributed by atoms with E-state index >= 15 is 0 Å². The quantitative estimate of drug-likeness (QED) is 0.707. The largest absolute Gasteiger partial charge is 0.396 e. The summed E-state index contributed by atoms with van der Waals surface area (Å²) in [5, 5.41) is 11.1. The van der Waals surface area contributed by atoms with Crippen LogP contribution in [0.3, 0.4) is 0 Å². The summed E-state index contributed by atoms with van der Waals surface area (Å²) in [6.45, 7) is 8.65. The Morgan fingerprint density at radius 2 is 1.81 bits per heavy atom. The maximum atomic E-state index is 7.88. The summed E-state index contributed by atoms with van der Waals surface area (Å²) >= 11 is 0. The Kier molecular flexibility index (Phi) is 7.30. The third-order valence-corrected chi connectivity index (χ3v) is 4.32. The molecule has 3 heterocycles. The minimum Gasteiger partial charge on any atom is -0.396 e. The van der Waals surface area contributed by atoms with Crippen LogP contribution in [0.1, 0.15) is 51.4 Å². The van der Waals surface area contributed by atoms with E-state index in [1.165, 1.54) is 0 Å². The Morgan fingerprint density at radius 1 is 1.11 bits per heavy atom. The van der Waals surface area contributed by atoms with Gasteiger partial charge in [-0.25, -0.2) is 15.0 Å². The molecule has 0 amide bonds. The highest BCUT2D eigenvalue weighted by Crippen LogP contribution is 2.30. The molecule has 146 valence electrons. The zero-order valence-corrected chi connectivity index (χ0v) is 17.2. The number of aromatic nitrogens is 4. The normalized spacial score (nSPS) is 10.8. The molecule has 0 aliphatic carbocycles. The van der Waals surface area contributed by atoms with Gasteiger partial charge in [-0.15, -0.1) is 0 Å². The van der Waals surface area contributed by atoms with Crippen molar-refractivity contribution in [3.63, 3.8) is 0 Å². The summed E-state index contributed by atoms with van der Waals surface area (Å²) in [5.74, 6) is 1.25. The molecule has 0 aromatic carbocycles. The molecule has 3 aromatic heterocycles. The number of hydrogen-bond donors (Lipinski definition) is 2. The van der Waals surface area contributed by atoms with E-state index in [0.717, 1.165) is 52.5 Å². The number of anilines is 1. The second-order valence-electron chi connectivity index (χ2n) is 6.77. The van der Waals surface area contributed by atoms with Crippen molar-refractivity contribution in [3.05, 3.63) is 35.8 Å². The molecule has 0 unspecified atom stereocenters. The second kappa shape index (κ2) is 9.46. The lowest BCUT2D eigenvalue weighted by molar-refractivity contribution is 0.295. The van der Waals surface area contributed by atoms with Gasteiger partial charge < -0.3 is 15.0 Å². The second-order valence-corrected chi connectivity index (χ2v) is 6.77. The Hall–Kier alpha value is -2.47. The summed E-state index contributed by atoms with van der Waals surface area (Å²) in [5.41, 5.74) is 5.82. The van der Waals surface area contributed by atoms with Crippen molar-refractivity contribution in [2.24, 2.45) is 7.05 Å². The average Bonchev–Trinajstić information content (AvgIpc) is 3.06. The number of aryl methyl sites for hydroxylation is 2. The van der Waals surface area contributed by atoms with Crippen LogP contribution in [-0.2, 0) is 13.5 Å². The molecule has 0 saturated carbocycles. The van der Waals surface area contributed by atoms with Crippen LogP contribution < -0.4 is 5.32 Å². The smallest absolute Gasteiger partial charge is 0.159 e. The zero-order valence-electron chi connectivity index (χ0n) is 17.2. The van der Waals surface area contributed by atoms with E-state index in [-0.39, 0.29) is 0 Å². The summed E-state index contributed by atoms with van der Waals surface area (Å²) in [6.07, 6.45) is 3.70. The number of nitrogens with zero attached hydrogens (tertiary/aromatic N) is 4. The first-order valence-electron chi connectivity index (χ1n) is 9.58.